The third-order valence-electron chi connectivity index (χ3n) is 2.25. The molecule has 4 nitrogen and oxygen atoms in total. The Morgan fingerprint density at radius 1 is 1.29 bits per heavy atom. The molecule has 0 amide bonds. The molecule has 0 aliphatic heterocycles. The molecule has 1 aromatic heterocycles. The van der Waals surface area contributed by atoms with E-state index in [0.29, 0.717) is 23.1 Å². The fraction of sp³-hybridized carbons (Fsp3) is 0.273. The van der Waals surface area contributed by atoms with Crippen molar-refractivity contribution in [1.29, 1.82) is 0 Å². The second-order valence-corrected chi connectivity index (χ2v) is 4.52. The van der Waals surface area contributed by atoms with Crippen LogP contribution in [0, 0.1) is 0 Å². The van der Waals surface area contributed by atoms with Gasteiger partial charge in [0.25, 0.3) is 0 Å². The molecule has 0 unspecified atom stereocenters. The summed E-state index contributed by atoms with van der Waals surface area (Å²) in [6.45, 7) is 1.24. The lowest BCUT2D eigenvalue weighted by atomic mass is 10.2. The Morgan fingerprint density at radius 2 is 2.12 bits per heavy atom. The summed E-state index contributed by atoms with van der Waals surface area (Å²) in [6, 6.07) is 5.41. The largest absolute Gasteiger partial charge is 0.306 e. The summed E-state index contributed by atoms with van der Waals surface area (Å²) >= 11 is 11.9. The van der Waals surface area contributed by atoms with Crippen molar-refractivity contribution in [2.24, 2.45) is 7.05 Å². The van der Waals surface area contributed by atoms with Crippen LogP contribution in [0.15, 0.2) is 24.5 Å². The lowest BCUT2D eigenvalue weighted by Crippen LogP contribution is -2.14. The highest BCUT2D eigenvalue weighted by Crippen LogP contribution is 2.20. The van der Waals surface area contributed by atoms with Gasteiger partial charge in [-0.15, -0.1) is 0 Å². The van der Waals surface area contributed by atoms with Crippen molar-refractivity contribution in [2.75, 3.05) is 0 Å². The quantitative estimate of drug-likeness (QED) is 0.928. The third-order valence-corrected chi connectivity index (χ3v) is 2.86. The molecule has 0 spiro atoms. The van der Waals surface area contributed by atoms with Crippen LogP contribution in [-0.2, 0) is 20.1 Å². The predicted octanol–water partition coefficient (Wildman–Crippen LogP) is 2.41. The van der Waals surface area contributed by atoms with E-state index in [2.05, 4.69) is 15.4 Å². The summed E-state index contributed by atoms with van der Waals surface area (Å²) < 4.78 is 1.67. The van der Waals surface area contributed by atoms with Crippen LogP contribution in [-0.4, -0.2) is 14.8 Å². The highest BCUT2D eigenvalue weighted by atomic mass is 35.5. The molecule has 0 saturated carbocycles. The normalized spacial score (nSPS) is 10.8. The first-order valence-electron chi connectivity index (χ1n) is 5.14. The first-order valence-corrected chi connectivity index (χ1v) is 5.90. The van der Waals surface area contributed by atoms with Gasteiger partial charge in [0.05, 0.1) is 6.54 Å². The van der Waals surface area contributed by atoms with E-state index >= 15 is 0 Å². The molecule has 1 N–H and O–H groups in total. The monoisotopic (exact) mass is 270 g/mol. The van der Waals surface area contributed by atoms with Crippen molar-refractivity contribution in [1.82, 2.24) is 20.1 Å². The van der Waals surface area contributed by atoms with E-state index < -0.39 is 0 Å². The standard InChI is InChI=1S/C11H12Cl2N4/c1-17-7-15-11(16-17)6-14-5-8-4-9(12)2-3-10(8)13/h2-4,7,14H,5-6H2,1H3. The molecule has 0 atom stereocenters. The predicted molar refractivity (Wildman–Crippen MR) is 68.0 cm³/mol. The van der Waals surface area contributed by atoms with E-state index in [9.17, 15) is 0 Å². The van der Waals surface area contributed by atoms with Gasteiger partial charge in [-0.2, -0.15) is 5.10 Å². The van der Waals surface area contributed by atoms with Crippen LogP contribution < -0.4 is 5.32 Å². The highest BCUT2D eigenvalue weighted by molar-refractivity contribution is 6.33. The summed E-state index contributed by atoms with van der Waals surface area (Å²) in [6.07, 6.45) is 1.67. The minimum atomic E-state index is 0.601. The highest BCUT2D eigenvalue weighted by Gasteiger charge is 2.02. The fourth-order valence-electron chi connectivity index (χ4n) is 1.45. The molecule has 0 fully saturated rings. The molecular formula is C11H12Cl2N4. The van der Waals surface area contributed by atoms with Crippen LogP contribution in [0.4, 0.5) is 0 Å². The molecule has 0 bridgehead atoms. The number of rotatable bonds is 4. The van der Waals surface area contributed by atoms with E-state index in [4.69, 9.17) is 23.2 Å². The Kier molecular flexibility index (Phi) is 3.99. The average Bonchev–Trinajstić information content (AvgIpc) is 2.69. The Hall–Kier alpha value is -1.10. The minimum Gasteiger partial charge on any atom is -0.306 e. The van der Waals surface area contributed by atoms with Crippen molar-refractivity contribution >= 4 is 23.2 Å². The van der Waals surface area contributed by atoms with E-state index in [1.165, 1.54) is 0 Å². The zero-order valence-corrected chi connectivity index (χ0v) is 10.8. The van der Waals surface area contributed by atoms with E-state index in [1.807, 2.05) is 13.1 Å². The summed E-state index contributed by atoms with van der Waals surface area (Å²) in [7, 11) is 1.84. The molecule has 1 aromatic carbocycles. The Bertz CT molecular complexity index is 510. The summed E-state index contributed by atoms with van der Waals surface area (Å²) in [4.78, 5) is 4.12. The molecule has 2 rings (SSSR count). The average molecular weight is 271 g/mol. The number of nitrogens with one attached hydrogen (secondary N) is 1. The summed E-state index contributed by atoms with van der Waals surface area (Å²) in [5, 5.41) is 8.77. The Balaban J connectivity index is 1.91. The van der Waals surface area contributed by atoms with Gasteiger partial charge in [-0.1, -0.05) is 23.2 Å². The van der Waals surface area contributed by atoms with Gasteiger partial charge in [-0.05, 0) is 23.8 Å². The molecule has 0 saturated heterocycles. The van der Waals surface area contributed by atoms with Gasteiger partial charge in [0, 0.05) is 23.6 Å². The number of nitrogens with zero attached hydrogens (tertiary/aromatic N) is 3. The zero-order chi connectivity index (χ0) is 12.3. The SMILES string of the molecule is Cn1cnc(CNCc2cc(Cl)ccc2Cl)n1. The van der Waals surface area contributed by atoms with E-state index in [1.54, 1.807) is 23.1 Å². The molecule has 0 radical (unpaired) electrons. The maximum absolute atomic E-state index is 6.05. The molecule has 90 valence electrons. The van der Waals surface area contributed by atoms with Gasteiger partial charge in [-0.3, -0.25) is 4.68 Å². The van der Waals surface area contributed by atoms with E-state index in [-0.39, 0.29) is 0 Å². The molecule has 17 heavy (non-hydrogen) atoms. The van der Waals surface area contributed by atoms with Crippen LogP contribution in [0.1, 0.15) is 11.4 Å². The minimum absolute atomic E-state index is 0.601. The summed E-state index contributed by atoms with van der Waals surface area (Å²) in [5.41, 5.74) is 0.968. The second kappa shape index (κ2) is 5.49. The van der Waals surface area contributed by atoms with Gasteiger partial charge in [0.15, 0.2) is 5.82 Å². The lowest BCUT2D eigenvalue weighted by Gasteiger charge is -2.05. The number of hydrogen-bond acceptors (Lipinski definition) is 3. The van der Waals surface area contributed by atoms with Crippen LogP contribution in [0.3, 0.4) is 0 Å². The number of benzene rings is 1. The number of aromatic nitrogens is 3. The number of aryl methyl sites for hydroxylation is 1. The smallest absolute Gasteiger partial charge is 0.164 e. The molecular weight excluding hydrogens is 259 g/mol. The van der Waals surface area contributed by atoms with Gasteiger partial charge in [-0.25, -0.2) is 4.98 Å². The molecule has 1 heterocycles. The Labute approximate surface area is 110 Å². The second-order valence-electron chi connectivity index (χ2n) is 3.67. The number of halogens is 2. The molecule has 0 aliphatic rings. The fourth-order valence-corrected chi connectivity index (χ4v) is 1.83. The van der Waals surface area contributed by atoms with Gasteiger partial charge >= 0.3 is 0 Å². The van der Waals surface area contributed by atoms with Gasteiger partial charge in [0.2, 0.25) is 0 Å². The van der Waals surface area contributed by atoms with Crippen molar-refractivity contribution in [2.45, 2.75) is 13.1 Å². The first kappa shape index (κ1) is 12.4. The van der Waals surface area contributed by atoms with Crippen LogP contribution >= 0.6 is 23.2 Å². The van der Waals surface area contributed by atoms with Crippen molar-refractivity contribution in [3.63, 3.8) is 0 Å². The van der Waals surface area contributed by atoms with Crippen molar-refractivity contribution < 1.29 is 0 Å². The number of hydrogen-bond donors (Lipinski definition) is 1. The third kappa shape index (κ3) is 3.43. The molecule has 2 aromatic rings. The Morgan fingerprint density at radius 3 is 2.82 bits per heavy atom. The summed E-state index contributed by atoms with van der Waals surface area (Å²) in [5.74, 6) is 0.755. The first-order chi connectivity index (χ1) is 8.15. The maximum Gasteiger partial charge on any atom is 0.164 e. The molecule has 0 aliphatic carbocycles. The lowest BCUT2D eigenvalue weighted by molar-refractivity contribution is 0.649. The maximum atomic E-state index is 6.05. The topological polar surface area (TPSA) is 42.7 Å². The van der Waals surface area contributed by atoms with Gasteiger partial charge < -0.3 is 5.32 Å². The van der Waals surface area contributed by atoms with Crippen LogP contribution in [0.5, 0.6) is 0 Å². The van der Waals surface area contributed by atoms with Crippen molar-refractivity contribution in [3.05, 3.63) is 46.0 Å². The van der Waals surface area contributed by atoms with Crippen LogP contribution in [0.2, 0.25) is 10.0 Å². The van der Waals surface area contributed by atoms with E-state index in [0.717, 1.165) is 11.4 Å². The van der Waals surface area contributed by atoms with Crippen molar-refractivity contribution in [3.8, 4) is 0 Å². The zero-order valence-electron chi connectivity index (χ0n) is 9.32. The van der Waals surface area contributed by atoms with Crippen LogP contribution in [0.25, 0.3) is 0 Å². The molecule has 6 heteroatoms. The van der Waals surface area contributed by atoms with Gasteiger partial charge in [0.1, 0.15) is 6.33 Å².